The number of quaternary nitrogens is 1. The Labute approximate surface area is 189 Å². The van der Waals surface area contributed by atoms with Gasteiger partial charge in [-0.05, 0) is 36.4 Å². The van der Waals surface area contributed by atoms with E-state index in [9.17, 15) is 4.79 Å². The second-order valence-corrected chi connectivity index (χ2v) is 9.19. The number of fused-ring (bicyclic) bond motifs is 2. The predicted molar refractivity (Wildman–Crippen MR) is 127 cm³/mol. The molecule has 2 aromatic heterocycles. The van der Waals surface area contributed by atoms with Crippen molar-refractivity contribution in [1.29, 1.82) is 0 Å². The van der Waals surface area contributed by atoms with E-state index < -0.39 is 0 Å². The summed E-state index contributed by atoms with van der Waals surface area (Å²) in [6.07, 6.45) is 7.15. The maximum absolute atomic E-state index is 12.7. The van der Waals surface area contributed by atoms with Crippen LogP contribution in [0.4, 0.5) is 0 Å². The SMILES string of the molecule is N[N+]12C=CN=CC1=C(C1CCN(C(=O)c3ccsc3)CC1)N=C2c1cc2ccccc2[nH]1. The molecule has 5 heterocycles. The molecule has 7 nitrogen and oxygen atoms in total. The fraction of sp³-hybridized carbons (Fsp3) is 0.208. The number of aliphatic imine (C=N–C) groups is 2. The van der Waals surface area contributed by atoms with Crippen molar-refractivity contribution in [3.8, 4) is 0 Å². The lowest BCUT2D eigenvalue weighted by molar-refractivity contribution is -0.750. The van der Waals surface area contributed by atoms with Crippen LogP contribution in [0, 0.1) is 5.92 Å². The number of benzene rings is 1. The quantitative estimate of drug-likeness (QED) is 0.473. The molecule has 0 spiro atoms. The molecule has 8 heteroatoms. The average molecular weight is 444 g/mol. The van der Waals surface area contributed by atoms with Crippen LogP contribution in [-0.2, 0) is 0 Å². The van der Waals surface area contributed by atoms with E-state index in [4.69, 9.17) is 10.8 Å². The van der Waals surface area contributed by atoms with Gasteiger partial charge in [0.25, 0.3) is 11.7 Å². The molecule has 3 N–H and O–H groups in total. The van der Waals surface area contributed by atoms with E-state index in [2.05, 4.69) is 28.2 Å². The van der Waals surface area contributed by atoms with Crippen LogP contribution in [0.1, 0.15) is 28.9 Å². The molecule has 1 atom stereocenters. The number of rotatable bonds is 3. The van der Waals surface area contributed by atoms with Gasteiger partial charge in [0, 0.05) is 35.3 Å². The number of H-pyrrole nitrogens is 1. The van der Waals surface area contributed by atoms with Gasteiger partial charge in [-0.2, -0.15) is 22.2 Å². The van der Waals surface area contributed by atoms with Crippen LogP contribution in [0.5, 0.6) is 0 Å². The van der Waals surface area contributed by atoms with Gasteiger partial charge in [-0.15, -0.1) is 4.59 Å². The number of amidine groups is 1. The van der Waals surface area contributed by atoms with Gasteiger partial charge in [-0.3, -0.25) is 9.79 Å². The highest BCUT2D eigenvalue weighted by Crippen LogP contribution is 2.38. The Bertz CT molecular complexity index is 1290. The molecule has 0 bridgehead atoms. The van der Waals surface area contributed by atoms with Crippen LogP contribution in [0.15, 0.2) is 80.9 Å². The van der Waals surface area contributed by atoms with Gasteiger partial charge in [0.2, 0.25) is 5.70 Å². The zero-order chi connectivity index (χ0) is 21.7. The molecule has 3 aliphatic rings. The van der Waals surface area contributed by atoms with Gasteiger partial charge < -0.3 is 9.88 Å². The van der Waals surface area contributed by atoms with Crippen LogP contribution in [0.3, 0.4) is 0 Å². The summed E-state index contributed by atoms with van der Waals surface area (Å²) in [7, 11) is 0. The number of amides is 1. The second kappa shape index (κ2) is 7.37. The van der Waals surface area contributed by atoms with Crippen LogP contribution in [0.25, 0.3) is 10.9 Å². The number of aromatic amines is 1. The van der Waals surface area contributed by atoms with E-state index in [0.29, 0.717) is 13.1 Å². The minimum absolute atomic E-state index is 0.0136. The Kier molecular flexibility index (Phi) is 4.46. The number of thiophene rings is 1. The molecule has 1 unspecified atom stereocenters. The number of carbonyl (C=O) groups excluding carboxylic acids is 1. The number of carbonyl (C=O) groups is 1. The Hall–Kier alpha value is -3.33. The van der Waals surface area contributed by atoms with Gasteiger partial charge in [-0.1, -0.05) is 18.2 Å². The molecule has 1 amide bonds. The molecule has 1 aromatic carbocycles. The highest BCUT2D eigenvalue weighted by molar-refractivity contribution is 7.08. The molecule has 3 aliphatic heterocycles. The summed E-state index contributed by atoms with van der Waals surface area (Å²) in [6, 6.07) is 12.2. The van der Waals surface area contributed by atoms with Gasteiger partial charge in [0.15, 0.2) is 0 Å². The number of nitrogens with two attached hydrogens (primary N) is 1. The number of hydrogen-bond donors (Lipinski definition) is 2. The normalized spacial score (nSPS) is 23.2. The van der Waals surface area contributed by atoms with Crippen LogP contribution in [0.2, 0.25) is 0 Å². The Morgan fingerprint density at radius 2 is 2.06 bits per heavy atom. The Morgan fingerprint density at radius 1 is 1.22 bits per heavy atom. The van der Waals surface area contributed by atoms with Gasteiger partial charge in [-0.25, -0.2) is 0 Å². The lowest BCUT2D eigenvalue weighted by atomic mass is 9.92. The maximum atomic E-state index is 12.7. The zero-order valence-corrected chi connectivity index (χ0v) is 18.3. The molecule has 0 aliphatic carbocycles. The van der Waals surface area contributed by atoms with E-state index in [1.165, 1.54) is 0 Å². The standard InChI is InChI=1S/C24H23N6OS/c25-30-11-8-26-14-21(30)22(28-23(30)20-13-17-3-1-2-4-19(17)27-20)16-5-9-29(10-6-16)24(31)18-7-12-32-15-18/h1-4,7-8,11-16,27H,5-6,9-10,25H2/q+1. The molecule has 3 aromatic rings. The van der Waals surface area contributed by atoms with Crippen molar-refractivity contribution in [3.05, 3.63) is 82.2 Å². The summed E-state index contributed by atoms with van der Waals surface area (Å²) < 4.78 is 0.0136. The fourth-order valence-electron chi connectivity index (χ4n) is 4.81. The van der Waals surface area contributed by atoms with Crippen LogP contribution >= 0.6 is 11.3 Å². The molecule has 1 fully saturated rings. The number of para-hydroxylation sites is 1. The van der Waals surface area contributed by atoms with E-state index >= 15 is 0 Å². The first kappa shape index (κ1) is 19.4. The molecule has 32 heavy (non-hydrogen) atoms. The number of nitrogens with one attached hydrogen (secondary N) is 1. The van der Waals surface area contributed by atoms with Gasteiger partial charge in [0.05, 0.1) is 18.0 Å². The summed E-state index contributed by atoms with van der Waals surface area (Å²) in [6.45, 7) is 1.43. The third-order valence-corrected chi connectivity index (χ3v) is 7.21. The third kappa shape index (κ3) is 2.99. The van der Waals surface area contributed by atoms with E-state index in [1.54, 1.807) is 17.5 Å². The fourth-order valence-corrected chi connectivity index (χ4v) is 5.44. The van der Waals surface area contributed by atoms with Crippen molar-refractivity contribution in [2.24, 2.45) is 21.7 Å². The summed E-state index contributed by atoms with van der Waals surface area (Å²) in [4.78, 5) is 27.6. The minimum Gasteiger partial charge on any atom is -0.349 e. The third-order valence-electron chi connectivity index (χ3n) is 6.53. The molecule has 6 rings (SSSR count). The predicted octanol–water partition coefficient (Wildman–Crippen LogP) is 4.00. The lowest BCUT2D eigenvalue weighted by Gasteiger charge is -2.32. The highest BCUT2D eigenvalue weighted by atomic mass is 32.1. The van der Waals surface area contributed by atoms with Gasteiger partial charge >= 0.3 is 0 Å². The Balaban J connectivity index is 1.31. The maximum Gasteiger partial charge on any atom is 0.281 e. The van der Waals surface area contributed by atoms with E-state index in [0.717, 1.165) is 52.2 Å². The largest absolute Gasteiger partial charge is 0.349 e. The number of piperidine rings is 1. The van der Waals surface area contributed by atoms with Crippen molar-refractivity contribution in [2.45, 2.75) is 12.8 Å². The average Bonchev–Trinajstić information content (AvgIpc) is 3.55. The van der Waals surface area contributed by atoms with Crippen molar-refractivity contribution in [1.82, 2.24) is 9.88 Å². The number of hydrogen-bond acceptors (Lipinski definition) is 5. The van der Waals surface area contributed by atoms with E-state index in [-0.39, 0.29) is 16.4 Å². The van der Waals surface area contributed by atoms with E-state index in [1.807, 2.05) is 46.3 Å². The number of allylic oxidation sites excluding steroid dienone is 2. The lowest BCUT2D eigenvalue weighted by Crippen LogP contribution is -2.53. The number of likely N-dealkylation sites (tertiary alicyclic amines) is 1. The van der Waals surface area contributed by atoms with Crippen molar-refractivity contribution in [3.63, 3.8) is 0 Å². The molecule has 160 valence electrons. The Morgan fingerprint density at radius 3 is 2.84 bits per heavy atom. The van der Waals surface area contributed by atoms with Crippen molar-refractivity contribution >= 4 is 40.2 Å². The first-order valence-electron chi connectivity index (χ1n) is 10.8. The summed E-state index contributed by atoms with van der Waals surface area (Å²) >= 11 is 1.55. The van der Waals surface area contributed by atoms with Crippen molar-refractivity contribution < 1.29 is 9.39 Å². The molecular weight excluding hydrogens is 420 g/mol. The first-order valence-corrected chi connectivity index (χ1v) is 11.7. The number of aromatic nitrogens is 1. The molecule has 0 saturated carbocycles. The molecule has 0 radical (unpaired) electrons. The van der Waals surface area contributed by atoms with Gasteiger partial charge in [0.1, 0.15) is 17.6 Å². The van der Waals surface area contributed by atoms with Crippen LogP contribution < -0.4 is 5.84 Å². The summed E-state index contributed by atoms with van der Waals surface area (Å²) in [5.41, 5.74) is 4.63. The monoisotopic (exact) mass is 443 g/mol. The summed E-state index contributed by atoms with van der Waals surface area (Å²) in [5.74, 6) is 8.00. The zero-order valence-electron chi connectivity index (χ0n) is 17.4. The molecular formula is C24H23N6OS+. The topological polar surface area (TPSA) is 86.8 Å². The smallest absolute Gasteiger partial charge is 0.281 e. The van der Waals surface area contributed by atoms with Crippen molar-refractivity contribution in [2.75, 3.05) is 13.1 Å². The first-order chi connectivity index (χ1) is 15.6. The van der Waals surface area contributed by atoms with Crippen LogP contribution in [-0.4, -0.2) is 45.5 Å². The summed E-state index contributed by atoms with van der Waals surface area (Å²) in [5, 5.41) is 4.99. The minimum atomic E-state index is 0.0136. The highest BCUT2D eigenvalue weighted by Gasteiger charge is 2.46. The number of nitrogens with zero attached hydrogens (tertiary/aromatic N) is 4. The second-order valence-electron chi connectivity index (χ2n) is 8.41. The molecule has 1 saturated heterocycles.